The number of hydrogen-bond acceptors (Lipinski definition) is 4. The smallest absolute Gasteiger partial charge is 0.360 e. The van der Waals surface area contributed by atoms with Gasteiger partial charge in [0.2, 0.25) is 0 Å². The number of aromatic nitrogens is 3. The van der Waals surface area contributed by atoms with Crippen LogP contribution in [0, 0.1) is 13.0 Å². The zero-order valence-electron chi connectivity index (χ0n) is 13.3. The zero-order valence-corrected chi connectivity index (χ0v) is 14.9. The number of alkyl halides is 3. The number of nitrogens with zero attached hydrogens (tertiary/aromatic N) is 3. The van der Waals surface area contributed by atoms with E-state index in [0.29, 0.717) is 5.82 Å². The minimum atomic E-state index is -4.51. The van der Waals surface area contributed by atoms with E-state index in [4.69, 9.17) is 0 Å². The van der Waals surface area contributed by atoms with Crippen LogP contribution in [-0.4, -0.2) is 15.2 Å². The number of pyridine rings is 1. The molecule has 2 aromatic heterocycles. The summed E-state index contributed by atoms with van der Waals surface area (Å²) in [5.41, 5.74) is 0.0211. The number of anilines is 1. The molecule has 2 heterocycles. The molecule has 1 radical (unpaired) electrons. The van der Waals surface area contributed by atoms with E-state index in [-0.39, 0.29) is 5.69 Å². The highest BCUT2D eigenvalue weighted by atomic mass is 79.9. The molecule has 0 unspecified atom stereocenters. The summed E-state index contributed by atoms with van der Waals surface area (Å²) < 4.78 is 39.3. The molecule has 0 saturated carbocycles. The van der Waals surface area contributed by atoms with Crippen LogP contribution in [0.5, 0.6) is 0 Å². The number of halogens is 4. The van der Waals surface area contributed by atoms with Crippen molar-refractivity contribution in [1.29, 1.82) is 0 Å². The Morgan fingerprint density at radius 2 is 1.92 bits per heavy atom. The van der Waals surface area contributed by atoms with Gasteiger partial charge < -0.3 is 5.32 Å². The summed E-state index contributed by atoms with van der Waals surface area (Å²) in [6.07, 6.45) is -4.51. The highest BCUT2D eigenvalue weighted by Crippen LogP contribution is 2.30. The van der Waals surface area contributed by atoms with Gasteiger partial charge in [-0.1, -0.05) is 22.0 Å². The number of aryl methyl sites for hydroxylation is 1. The van der Waals surface area contributed by atoms with Crippen molar-refractivity contribution >= 4 is 32.5 Å². The average molecular weight is 410 g/mol. The van der Waals surface area contributed by atoms with Gasteiger partial charge in [0.05, 0.1) is 17.4 Å². The summed E-state index contributed by atoms with van der Waals surface area (Å²) >= 11 is 3.42. The monoisotopic (exact) mass is 409 g/mol. The lowest BCUT2D eigenvalue weighted by Gasteiger charge is -2.17. The molecule has 0 bridgehead atoms. The van der Waals surface area contributed by atoms with E-state index < -0.39 is 17.9 Å². The van der Waals surface area contributed by atoms with Crippen LogP contribution < -0.4 is 5.32 Å². The largest absolute Gasteiger partial charge is 0.433 e. The first-order valence-corrected chi connectivity index (χ1v) is 8.19. The summed E-state index contributed by atoms with van der Waals surface area (Å²) in [5, 5.41) is 13.1. The van der Waals surface area contributed by atoms with Crippen LogP contribution >= 0.6 is 15.9 Å². The Morgan fingerprint density at radius 3 is 2.64 bits per heavy atom. The third kappa shape index (κ3) is 3.73. The van der Waals surface area contributed by atoms with Crippen LogP contribution in [-0.2, 0) is 6.18 Å². The highest BCUT2D eigenvalue weighted by Gasteiger charge is 2.32. The fraction of sp³-hybridized carbons (Fsp3) is 0.235. The standard InChI is InChI=1S/C17H13BrF3N4/c1-9-12-7-6-11(18)8-13(12)16(25-24-9)22-10(2)14-4-3-5-15(23-14)17(19,20)21/h4-8,10H,1-2H3,(H,22,25)/t10-/m1/s1. The fourth-order valence-electron chi connectivity index (χ4n) is 2.42. The third-order valence-electron chi connectivity index (χ3n) is 3.71. The predicted molar refractivity (Wildman–Crippen MR) is 92.1 cm³/mol. The summed E-state index contributed by atoms with van der Waals surface area (Å²) in [4.78, 5) is 3.68. The molecule has 129 valence electrons. The maximum atomic E-state index is 12.8. The lowest BCUT2D eigenvalue weighted by atomic mass is 10.1. The number of hydrogen-bond donors (Lipinski definition) is 1. The van der Waals surface area contributed by atoms with E-state index in [1.165, 1.54) is 6.07 Å². The molecule has 1 aromatic carbocycles. The second-order valence-electron chi connectivity index (χ2n) is 5.56. The zero-order chi connectivity index (χ0) is 18.2. The third-order valence-corrected chi connectivity index (χ3v) is 4.21. The average Bonchev–Trinajstić information content (AvgIpc) is 2.56. The van der Waals surface area contributed by atoms with E-state index in [2.05, 4.69) is 42.5 Å². The minimum Gasteiger partial charge on any atom is -0.360 e. The van der Waals surface area contributed by atoms with Crippen LogP contribution in [0.3, 0.4) is 0 Å². The van der Waals surface area contributed by atoms with Crippen molar-refractivity contribution in [1.82, 2.24) is 15.2 Å². The van der Waals surface area contributed by atoms with Crippen molar-refractivity contribution in [2.75, 3.05) is 5.32 Å². The molecular weight excluding hydrogens is 397 g/mol. The van der Waals surface area contributed by atoms with E-state index in [0.717, 1.165) is 27.0 Å². The van der Waals surface area contributed by atoms with E-state index in [9.17, 15) is 13.2 Å². The fourth-order valence-corrected chi connectivity index (χ4v) is 2.78. The topological polar surface area (TPSA) is 50.7 Å². The van der Waals surface area contributed by atoms with Crippen LogP contribution in [0.25, 0.3) is 10.8 Å². The predicted octanol–water partition coefficient (Wildman–Crippen LogP) is 5.09. The second kappa shape index (κ2) is 6.59. The molecule has 3 aromatic rings. The van der Waals surface area contributed by atoms with Gasteiger partial charge >= 0.3 is 6.18 Å². The minimum absolute atomic E-state index is 0.223. The molecule has 0 spiro atoms. The van der Waals surface area contributed by atoms with Gasteiger partial charge in [-0.2, -0.15) is 18.3 Å². The number of rotatable bonds is 3. The highest BCUT2D eigenvalue weighted by molar-refractivity contribution is 9.10. The van der Waals surface area contributed by atoms with Gasteiger partial charge in [-0.3, -0.25) is 0 Å². The van der Waals surface area contributed by atoms with Crippen molar-refractivity contribution in [3.8, 4) is 0 Å². The lowest BCUT2D eigenvalue weighted by molar-refractivity contribution is -0.141. The molecule has 8 heteroatoms. The molecule has 0 aliphatic heterocycles. The summed E-state index contributed by atoms with van der Waals surface area (Å²) in [5.74, 6) is 0.480. The van der Waals surface area contributed by atoms with Gasteiger partial charge in [0.25, 0.3) is 0 Å². The van der Waals surface area contributed by atoms with Crippen LogP contribution in [0.2, 0.25) is 0 Å². The van der Waals surface area contributed by atoms with Crippen molar-refractivity contribution < 1.29 is 13.2 Å². The molecule has 0 aliphatic carbocycles. The molecular formula is C17H13BrF3N4. The Hall–Kier alpha value is -2.22. The molecule has 25 heavy (non-hydrogen) atoms. The summed E-state index contributed by atoms with van der Waals surface area (Å²) in [6.45, 7) is 3.56. The van der Waals surface area contributed by atoms with E-state index in [1.54, 1.807) is 6.92 Å². The molecule has 1 N–H and O–H groups in total. The number of fused-ring (bicyclic) bond motifs is 1. The molecule has 0 aliphatic rings. The van der Waals surface area contributed by atoms with Crippen LogP contribution in [0.15, 0.2) is 34.8 Å². The molecule has 3 rings (SSSR count). The maximum absolute atomic E-state index is 12.8. The molecule has 1 atom stereocenters. The van der Waals surface area contributed by atoms with Gasteiger partial charge in [-0.25, -0.2) is 4.98 Å². The van der Waals surface area contributed by atoms with Gasteiger partial charge in [0.1, 0.15) is 5.69 Å². The Bertz CT molecular complexity index is 927. The Kier molecular flexibility index (Phi) is 4.64. The van der Waals surface area contributed by atoms with E-state index >= 15 is 0 Å². The molecule has 0 fully saturated rings. The van der Waals surface area contributed by atoms with Crippen molar-refractivity contribution in [2.45, 2.75) is 26.1 Å². The van der Waals surface area contributed by atoms with Gasteiger partial charge in [-0.05, 0) is 44.2 Å². The van der Waals surface area contributed by atoms with Gasteiger partial charge in [0, 0.05) is 15.2 Å². The van der Waals surface area contributed by atoms with Gasteiger partial charge in [-0.15, -0.1) is 5.10 Å². The number of benzene rings is 1. The van der Waals surface area contributed by atoms with Crippen molar-refractivity contribution in [3.63, 3.8) is 0 Å². The van der Waals surface area contributed by atoms with Crippen LogP contribution in [0.1, 0.15) is 30.0 Å². The van der Waals surface area contributed by atoms with Crippen LogP contribution in [0.4, 0.5) is 19.0 Å². The maximum Gasteiger partial charge on any atom is 0.433 e. The Labute approximate surface area is 150 Å². The second-order valence-corrected chi connectivity index (χ2v) is 6.48. The van der Waals surface area contributed by atoms with Gasteiger partial charge in [0.15, 0.2) is 5.82 Å². The number of nitrogens with one attached hydrogen (secondary N) is 1. The first-order valence-electron chi connectivity index (χ1n) is 7.40. The molecule has 4 nitrogen and oxygen atoms in total. The molecule has 0 saturated heterocycles. The molecule has 0 amide bonds. The normalized spacial score (nSPS) is 13.0. The lowest BCUT2D eigenvalue weighted by Crippen LogP contribution is -2.14. The van der Waals surface area contributed by atoms with Crippen molar-refractivity contribution in [3.05, 3.63) is 58.0 Å². The Balaban J connectivity index is 1.96. The summed E-state index contributed by atoms with van der Waals surface area (Å²) in [6, 6.07) is 9.94. The van der Waals surface area contributed by atoms with Crippen molar-refractivity contribution in [2.24, 2.45) is 0 Å². The summed E-state index contributed by atoms with van der Waals surface area (Å²) in [7, 11) is 0. The first-order chi connectivity index (χ1) is 11.8. The Morgan fingerprint density at radius 1 is 1.16 bits per heavy atom. The first kappa shape index (κ1) is 17.6. The quantitative estimate of drug-likeness (QED) is 0.654. The SMILES string of the molecule is Cc1nnc(N[C@H](C)c2c[c]cc(C(F)(F)F)n2)c2cc(Br)ccc12. The van der Waals surface area contributed by atoms with E-state index in [1.807, 2.05) is 25.1 Å².